The summed E-state index contributed by atoms with van der Waals surface area (Å²) in [6, 6.07) is 21.9. The highest BCUT2D eigenvalue weighted by Gasteiger charge is 2.16. The van der Waals surface area contributed by atoms with Crippen LogP contribution in [-0.2, 0) is 4.79 Å². The van der Waals surface area contributed by atoms with Crippen molar-refractivity contribution in [1.29, 1.82) is 5.41 Å². The van der Waals surface area contributed by atoms with Crippen LogP contribution in [0.1, 0.15) is 22.8 Å². The second-order valence-corrected chi connectivity index (χ2v) is 10.2. The first-order chi connectivity index (χ1) is 20.8. The van der Waals surface area contributed by atoms with Gasteiger partial charge in [0.05, 0.1) is 5.69 Å². The van der Waals surface area contributed by atoms with E-state index in [2.05, 4.69) is 25.9 Å². The van der Waals surface area contributed by atoms with Gasteiger partial charge in [0.2, 0.25) is 11.9 Å². The van der Waals surface area contributed by atoms with E-state index in [4.69, 9.17) is 10.4 Å². The van der Waals surface area contributed by atoms with Crippen LogP contribution >= 0.6 is 0 Å². The molecule has 0 spiro atoms. The Hall–Kier alpha value is -5.61. The summed E-state index contributed by atoms with van der Waals surface area (Å²) in [4.78, 5) is 39.4. The van der Waals surface area contributed by atoms with Crippen molar-refractivity contribution in [2.45, 2.75) is 6.92 Å². The number of aromatic nitrogens is 3. The van der Waals surface area contributed by atoms with Gasteiger partial charge >= 0.3 is 0 Å². The number of hydrogen-bond acceptors (Lipinski definition) is 7. The van der Waals surface area contributed by atoms with Crippen LogP contribution in [0.25, 0.3) is 22.2 Å². The van der Waals surface area contributed by atoms with Crippen molar-refractivity contribution >= 4 is 51.4 Å². The van der Waals surface area contributed by atoms with Crippen LogP contribution in [0, 0.1) is 5.41 Å². The number of fused-ring (bicyclic) bond motifs is 1. The van der Waals surface area contributed by atoms with Crippen LogP contribution in [0.4, 0.5) is 23.0 Å². The van der Waals surface area contributed by atoms with E-state index in [0.29, 0.717) is 52.1 Å². The van der Waals surface area contributed by atoms with E-state index in [1.807, 2.05) is 61.6 Å². The first-order valence-electron chi connectivity index (χ1n) is 13.7. The number of aromatic amines is 1. The van der Waals surface area contributed by atoms with Gasteiger partial charge in [0.1, 0.15) is 0 Å². The second kappa shape index (κ2) is 12.9. The van der Waals surface area contributed by atoms with E-state index in [0.717, 1.165) is 16.5 Å². The molecule has 0 radical (unpaired) electrons. The molecular formula is C33H32N8O2. The molecule has 0 saturated heterocycles. The fourth-order valence-electron chi connectivity index (χ4n) is 4.46. The Labute approximate surface area is 249 Å². The minimum Gasteiger partial charge on any atom is -0.360 e. The first-order valence-corrected chi connectivity index (χ1v) is 13.7. The van der Waals surface area contributed by atoms with E-state index in [9.17, 15) is 9.59 Å². The van der Waals surface area contributed by atoms with E-state index in [1.54, 1.807) is 55.6 Å². The number of carbonyl (C=O) groups excluding carboxylic acids is 2. The fraction of sp³-hybridized carbons (Fsp3) is 0.121. The maximum absolute atomic E-state index is 12.9. The third kappa shape index (κ3) is 7.19. The molecule has 2 aromatic heterocycles. The monoisotopic (exact) mass is 572 g/mol. The minimum absolute atomic E-state index is 0.233. The van der Waals surface area contributed by atoms with Gasteiger partial charge in [0.25, 0.3) is 5.91 Å². The Morgan fingerprint density at radius 3 is 2.49 bits per heavy atom. The summed E-state index contributed by atoms with van der Waals surface area (Å²) in [7, 11) is 3.85. The third-order valence-corrected chi connectivity index (χ3v) is 6.57. The number of para-hydroxylation sites is 1. The summed E-state index contributed by atoms with van der Waals surface area (Å²) in [5.41, 5.74) is 5.83. The van der Waals surface area contributed by atoms with Crippen molar-refractivity contribution in [3.63, 3.8) is 0 Å². The number of H-pyrrole nitrogens is 1. The Bertz CT molecular complexity index is 1820. The van der Waals surface area contributed by atoms with Crippen LogP contribution in [0.3, 0.4) is 0 Å². The largest absolute Gasteiger partial charge is 0.360 e. The molecule has 5 N–H and O–H groups in total. The standard InChI is InChI=1S/C33H32N8O2/c1-21(34)27-19-36-33(40-31(27)28-20-35-29-11-5-4-10-26(28)29)39-25-9-6-8-24(18-25)38-32(43)22-13-15-23(16-14-22)37-30(42)12-7-17-41(2)3/h4-16,18-20,34-35H,17H2,1-3H3,(H,37,42)(H,38,43)(H,36,39,40)/b12-7+,34-21?. The second-order valence-electron chi connectivity index (χ2n) is 10.2. The maximum atomic E-state index is 12.9. The number of rotatable bonds is 10. The first kappa shape index (κ1) is 28.9. The lowest BCUT2D eigenvalue weighted by Gasteiger charge is -2.12. The highest BCUT2D eigenvalue weighted by atomic mass is 16.2. The molecule has 5 aromatic rings. The smallest absolute Gasteiger partial charge is 0.255 e. The predicted octanol–water partition coefficient (Wildman–Crippen LogP) is 6.06. The molecule has 10 heteroatoms. The summed E-state index contributed by atoms with van der Waals surface area (Å²) >= 11 is 0. The molecule has 216 valence electrons. The highest BCUT2D eigenvalue weighted by molar-refractivity contribution is 6.06. The van der Waals surface area contributed by atoms with Crippen LogP contribution in [0.15, 0.2) is 97.3 Å². The molecule has 2 amide bonds. The van der Waals surface area contributed by atoms with E-state index in [-0.39, 0.29) is 11.8 Å². The third-order valence-electron chi connectivity index (χ3n) is 6.57. The number of hydrogen-bond donors (Lipinski definition) is 5. The van der Waals surface area contributed by atoms with Crippen molar-refractivity contribution in [3.05, 3.63) is 108 Å². The maximum Gasteiger partial charge on any atom is 0.255 e. The van der Waals surface area contributed by atoms with Gasteiger partial charge in [-0.1, -0.05) is 30.3 Å². The van der Waals surface area contributed by atoms with Gasteiger partial charge in [-0.3, -0.25) is 9.59 Å². The van der Waals surface area contributed by atoms with Gasteiger partial charge in [-0.25, -0.2) is 9.97 Å². The molecular weight excluding hydrogens is 540 g/mol. The number of likely N-dealkylation sites (N-methyl/N-ethyl adjacent to an activating group) is 1. The molecule has 43 heavy (non-hydrogen) atoms. The quantitative estimate of drug-likeness (QED) is 0.102. The van der Waals surface area contributed by atoms with Gasteiger partial charge in [0, 0.05) is 75.4 Å². The zero-order valence-corrected chi connectivity index (χ0v) is 24.1. The molecule has 0 aliphatic carbocycles. The summed E-state index contributed by atoms with van der Waals surface area (Å²) in [5, 5.41) is 18.2. The molecule has 0 atom stereocenters. The highest BCUT2D eigenvalue weighted by Crippen LogP contribution is 2.31. The summed E-state index contributed by atoms with van der Waals surface area (Å²) in [5.74, 6) is -0.156. The van der Waals surface area contributed by atoms with Crippen LogP contribution in [-0.4, -0.2) is 58.0 Å². The molecule has 0 fully saturated rings. The van der Waals surface area contributed by atoms with Gasteiger partial charge in [-0.2, -0.15) is 0 Å². The van der Waals surface area contributed by atoms with Crippen molar-refractivity contribution in [2.24, 2.45) is 0 Å². The Balaban J connectivity index is 1.28. The number of anilines is 4. The Morgan fingerprint density at radius 1 is 0.953 bits per heavy atom. The minimum atomic E-state index is -0.287. The zero-order valence-electron chi connectivity index (χ0n) is 24.1. The van der Waals surface area contributed by atoms with Crippen LogP contribution in [0.5, 0.6) is 0 Å². The van der Waals surface area contributed by atoms with Crippen LogP contribution in [0.2, 0.25) is 0 Å². The molecule has 0 saturated carbocycles. The average molecular weight is 573 g/mol. The molecule has 10 nitrogen and oxygen atoms in total. The van der Waals surface area contributed by atoms with Crippen molar-refractivity contribution in [3.8, 4) is 11.3 Å². The number of benzene rings is 3. The van der Waals surface area contributed by atoms with Gasteiger partial charge in [-0.05, 0) is 69.6 Å². The van der Waals surface area contributed by atoms with Crippen molar-refractivity contribution in [1.82, 2.24) is 19.9 Å². The Kier molecular flexibility index (Phi) is 8.69. The van der Waals surface area contributed by atoms with E-state index >= 15 is 0 Å². The molecule has 3 aromatic carbocycles. The van der Waals surface area contributed by atoms with Gasteiger partial charge < -0.3 is 31.2 Å². The number of nitrogens with one attached hydrogen (secondary N) is 5. The zero-order chi connectivity index (χ0) is 30.3. The summed E-state index contributed by atoms with van der Waals surface area (Å²) in [6.45, 7) is 2.38. The average Bonchev–Trinajstić information content (AvgIpc) is 3.41. The molecule has 0 bridgehead atoms. The molecule has 0 aliphatic rings. The molecule has 0 aliphatic heterocycles. The fourth-order valence-corrected chi connectivity index (χ4v) is 4.46. The number of nitrogens with zero attached hydrogens (tertiary/aromatic N) is 3. The van der Waals surface area contributed by atoms with Gasteiger partial charge in [-0.15, -0.1) is 0 Å². The topological polar surface area (TPSA) is 139 Å². The van der Waals surface area contributed by atoms with Crippen LogP contribution < -0.4 is 16.0 Å². The van der Waals surface area contributed by atoms with E-state index in [1.165, 1.54) is 6.08 Å². The lowest BCUT2D eigenvalue weighted by Crippen LogP contribution is -2.13. The molecule has 0 unspecified atom stereocenters. The van der Waals surface area contributed by atoms with Crippen molar-refractivity contribution < 1.29 is 9.59 Å². The summed E-state index contributed by atoms with van der Waals surface area (Å²) < 4.78 is 0. The summed E-state index contributed by atoms with van der Waals surface area (Å²) in [6.07, 6.45) is 6.80. The molecule has 2 heterocycles. The lowest BCUT2D eigenvalue weighted by molar-refractivity contribution is -0.111. The normalized spacial score (nSPS) is 11.2. The Morgan fingerprint density at radius 2 is 1.72 bits per heavy atom. The number of amides is 2. The lowest BCUT2D eigenvalue weighted by atomic mass is 10.0. The van der Waals surface area contributed by atoms with Crippen molar-refractivity contribution in [2.75, 3.05) is 36.6 Å². The SMILES string of the molecule is CC(=N)c1cnc(Nc2cccc(NC(=O)c3ccc(NC(=O)/C=C/CN(C)C)cc3)c2)nc1-c1c[nH]c2ccccc12. The van der Waals surface area contributed by atoms with E-state index < -0.39 is 0 Å². The predicted molar refractivity (Wildman–Crippen MR) is 172 cm³/mol. The number of carbonyl (C=O) groups is 2. The molecule has 5 rings (SSSR count). The van der Waals surface area contributed by atoms with Gasteiger partial charge in [0.15, 0.2) is 0 Å².